The lowest BCUT2D eigenvalue weighted by atomic mass is 9.44. The van der Waals surface area contributed by atoms with Gasteiger partial charge in [0.05, 0.1) is 6.10 Å². The molecular weight excluding hydrogens is 416 g/mol. The molecule has 0 aromatic carbocycles. The van der Waals surface area contributed by atoms with Crippen molar-refractivity contribution in [1.29, 1.82) is 0 Å². The van der Waals surface area contributed by atoms with E-state index >= 15 is 0 Å². The molecule has 2 heteroatoms. The van der Waals surface area contributed by atoms with Crippen molar-refractivity contribution in [2.24, 2.45) is 46.3 Å². The van der Waals surface area contributed by atoms with Gasteiger partial charge in [0.2, 0.25) is 0 Å². The van der Waals surface area contributed by atoms with Gasteiger partial charge in [-0.05, 0) is 150 Å². The minimum absolute atomic E-state index is 0.0870. The first-order valence-corrected chi connectivity index (χ1v) is 15.2. The fourth-order valence-electron chi connectivity index (χ4n) is 10.2. The Kier molecular flexibility index (Phi) is 7.59. The molecular formula is C32H54O2. The van der Waals surface area contributed by atoms with Crippen LogP contribution in [0.2, 0.25) is 0 Å². The number of fused-ring (bicyclic) bond motifs is 5. The summed E-state index contributed by atoms with van der Waals surface area (Å²) < 4.78 is 12.4. The SMILES string of the molecule is CC(C)=CCC[C@@H](C)[C@H]1CC[C@H]2[C@@H]3CC[C@@H]4C[C@H](OC5CCCCO5)CC[C@]4(C)[C@H]3CC[C@]12C. The molecule has 10 atom stereocenters. The molecule has 5 rings (SSSR count). The number of allylic oxidation sites excluding steroid dienone is 2. The van der Waals surface area contributed by atoms with Crippen LogP contribution >= 0.6 is 0 Å². The van der Waals surface area contributed by atoms with E-state index in [1.165, 1.54) is 89.0 Å². The van der Waals surface area contributed by atoms with Crippen LogP contribution in [0.1, 0.15) is 125 Å². The van der Waals surface area contributed by atoms with Gasteiger partial charge in [0, 0.05) is 6.61 Å². The summed E-state index contributed by atoms with van der Waals surface area (Å²) in [5.74, 6) is 5.66. The summed E-state index contributed by atoms with van der Waals surface area (Å²) in [5.41, 5.74) is 2.65. The standard InChI is InChI=1S/C32H54O2/c1-22(2)9-8-10-23(3)27-14-15-28-26-13-12-24-21-25(34-30-11-6-7-20-33-30)16-18-31(24,4)29(26)17-19-32(27,28)5/h9,23-30H,6-8,10-21H2,1-5H3/t23-,24-,25-,26+,27-,28+,29+,30?,31+,32-/m1/s1. The van der Waals surface area contributed by atoms with E-state index in [0.29, 0.717) is 16.9 Å². The van der Waals surface area contributed by atoms with Crippen molar-refractivity contribution in [3.8, 4) is 0 Å². The predicted molar refractivity (Wildman–Crippen MR) is 142 cm³/mol. The molecule has 34 heavy (non-hydrogen) atoms. The van der Waals surface area contributed by atoms with E-state index in [4.69, 9.17) is 9.47 Å². The molecule has 1 aliphatic heterocycles. The molecule has 0 amide bonds. The molecule has 2 nitrogen and oxygen atoms in total. The second-order valence-electron chi connectivity index (χ2n) is 14.0. The quantitative estimate of drug-likeness (QED) is 0.285. The van der Waals surface area contributed by atoms with Gasteiger partial charge in [0.1, 0.15) is 0 Å². The zero-order valence-electron chi connectivity index (χ0n) is 23.1. The lowest BCUT2D eigenvalue weighted by Gasteiger charge is -2.61. The summed E-state index contributed by atoms with van der Waals surface area (Å²) >= 11 is 0. The first-order valence-electron chi connectivity index (χ1n) is 15.2. The Bertz CT molecular complexity index is 719. The summed E-state index contributed by atoms with van der Waals surface area (Å²) in [7, 11) is 0. The molecule has 1 heterocycles. The van der Waals surface area contributed by atoms with Crippen LogP contribution in [0.15, 0.2) is 11.6 Å². The van der Waals surface area contributed by atoms with Crippen LogP contribution in [0.5, 0.6) is 0 Å². The van der Waals surface area contributed by atoms with Gasteiger partial charge < -0.3 is 9.47 Å². The fourth-order valence-corrected chi connectivity index (χ4v) is 10.2. The maximum atomic E-state index is 6.51. The van der Waals surface area contributed by atoms with E-state index in [9.17, 15) is 0 Å². The molecule has 4 saturated carbocycles. The van der Waals surface area contributed by atoms with Crippen LogP contribution in [0.4, 0.5) is 0 Å². The molecule has 0 radical (unpaired) electrons. The van der Waals surface area contributed by atoms with Crippen LogP contribution in [-0.2, 0) is 9.47 Å². The number of rotatable bonds is 6. The largest absolute Gasteiger partial charge is 0.353 e. The Labute approximate surface area is 211 Å². The van der Waals surface area contributed by atoms with Gasteiger partial charge >= 0.3 is 0 Å². The Morgan fingerprint density at radius 2 is 1.74 bits per heavy atom. The van der Waals surface area contributed by atoms with E-state index in [0.717, 1.165) is 48.5 Å². The van der Waals surface area contributed by atoms with Gasteiger partial charge in [0.25, 0.3) is 0 Å². The Balaban J connectivity index is 1.22. The lowest BCUT2D eigenvalue weighted by molar-refractivity contribution is -0.212. The van der Waals surface area contributed by atoms with Gasteiger partial charge in [-0.1, -0.05) is 32.4 Å². The van der Waals surface area contributed by atoms with E-state index < -0.39 is 0 Å². The van der Waals surface area contributed by atoms with Crippen molar-refractivity contribution in [3.63, 3.8) is 0 Å². The summed E-state index contributed by atoms with van der Waals surface area (Å²) in [6.07, 6.45) is 22.2. The average molecular weight is 471 g/mol. The third kappa shape index (κ3) is 4.69. The van der Waals surface area contributed by atoms with Crippen LogP contribution < -0.4 is 0 Å². The smallest absolute Gasteiger partial charge is 0.157 e. The molecule has 0 spiro atoms. The van der Waals surface area contributed by atoms with Crippen molar-refractivity contribution in [2.75, 3.05) is 6.61 Å². The van der Waals surface area contributed by atoms with Crippen molar-refractivity contribution in [3.05, 3.63) is 11.6 Å². The lowest BCUT2D eigenvalue weighted by Crippen LogP contribution is -2.54. The highest BCUT2D eigenvalue weighted by Gasteiger charge is 2.60. The molecule has 0 aromatic heterocycles. The van der Waals surface area contributed by atoms with Crippen molar-refractivity contribution >= 4 is 0 Å². The Morgan fingerprint density at radius 3 is 2.50 bits per heavy atom. The van der Waals surface area contributed by atoms with E-state index in [1.54, 1.807) is 0 Å². The van der Waals surface area contributed by atoms with Crippen LogP contribution in [-0.4, -0.2) is 19.0 Å². The van der Waals surface area contributed by atoms with Crippen LogP contribution in [0, 0.1) is 46.3 Å². The van der Waals surface area contributed by atoms with Crippen molar-refractivity contribution in [2.45, 2.75) is 137 Å². The molecule has 194 valence electrons. The first-order chi connectivity index (χ1) is 16.3. The third-order valence-corrected chi connectivity index (χ3v) is 12.0. The third-order valence-electron chi connectivity index (χ3n) is 12.0. The number of ether oxygens (including phenoxy) is 2. The van der Waals surface area contributed by atoms with Gasteiger partial charge in [0.15, 0.2) is 6.29 Å². The highest BCUT2D eigenvalue weighted by Crippen LogP contribution is 2.68. The van der Waals surface area contributed by atoms with Crippen molar-refractivity contribution in [1.82, 2.24) is 0 Å². The first kappa shape index (κ1) is 25.3. The highest BCUT2D eigenvalue weighted by molar-refractivity contribution is 5.10. The normalized spacial score (nSPS) is 47.3. The van der Waals surface area contributed by atoms with Gasteiger partial charge in [-0.25, -0.2) is 0 Å². The summed E-state index contributed by atoms with van der Waals surface area (Å²) in [4.78, 5) is 0. The van der Waals surface area contributed by atoms with E-state index in [-0.39, 0.29) is 6.29 Å². The molecule has 0 aromatic rings. The average Bonchev–Trinajstić information content (AvgIpc) is 3.17. The molecule has 5 fully saturated rings. The molecule has 4 aliphatic carbocycles. The number of hydrogen-bond acceptors (Lipinski definition) is 2. The van der Waals surface area contributed by atoms with Crippen molar-refractivity contribution < 1.29 is 9.47 Å². The molecule has 0 bridgehead atoms. The molecule has 0 N–H and O–H groups in total. The van der Waals surface area contributed by atoms with Crippen LogP contribution in [0.3, 0.4) is 0 Å². The van der Waals surface area contributed by atoms with Gasteiger partial charge in [-0.3, -0.25) is 0 Å². The second kappa shape index (κ2) is 10.2. The molecule has 1 saturated heterocycles. The van der Waals surface area contributed by atoms with Gasteiger partial charge in [-0.2, -0.15) is 0 Å². The Morgan fingerprint density at radius 1 is 0.941 bits per heavy atom. The zero-order valence-corrected chi connectivity index (χ0v) is 23.1. The minimum atomic E-state index is 0.0870. The maximum Gasteiger partial charge on any atom is 0.157 e. The molecule has 5 aliphatic rings. The highest BCUT2D eigenvalue weighted by atomic mass is 16.7. The fraction of sp³-hybridized carbons (Fsp3) is 0.938. The summed E-state index contributed by atoms with van der Waals surface area (Å²) in [6.45, 7) is 13.4. The van der Waals surface area contributed by atoms with Crippen LogP contribution in [0.25, 0.3) is 0 Å². The monoisotopic (exact) mass is 470 g/mol. The van der Waals surface area contributed by atoms with Gasteiger partial charge in [-0.15, -0.1) is 0 Å². The Hall–Kier alpha value is -0.340. The second-order valence-corrected chi connectivity index (χ2v) is 14.0. The summed E-state index contributed by atoms with van der Waals surface area (Å²) in [5, 5.41) is 0. The summed E-state index contributed by atoms with van der Waals surface area (Å²) in [6, 6.07) is 0. The van der Waals surface area contributed by atoms with E-state index in [1.807, 2.05) is 0 Å². The van der Waals surface area contributed by atoms with E-state index in [2.05, 4.69) is 40.7 Å². The predicted octanol–water partition coefficient (Wildman–Crippen LogP) is 8.94. The topological polar surface area (TPSA) is 18.5 Å². The maximum absolute atomic E-state index is 6.51. The number of hydrogen-bond donors (Lipinski definition) is 0. The minimum Gasteiger partial charge on any atom is -0.353 e. The molecule has 1 unspecified atom stereocenters. The zero-order chi connectivity index (χ0) is 23.9.